The fraction of sp³-hybridized carbons (Fsp3) is 0.650. The molecule has 2 fully saturated rings. The Bertz CT molecular complexity index is 774. The van der Waals surface area contributed by atoms with Gasteiger partial charge in [-0.3, -0.25) is 4.79 Å². The van der Waals surface area contributed by atoms with Gasteiger partial charge in [-0.1, -0.05) is 12.8 Å². The number of aromatic nitrogens is 3. The normalized spacial score (nSPS) is 19.7. The van der Waals surface area contributed by atoms with Crippen LogP contribution in [0.2, 0.25) is 0 Å². The molecule has 3 heterocycles. The zero-order valence-electron chi connectivity index (χ0n) is 16.2. The first-order valence-electron chi connectivity index (χ1n) is 10.2. The number of carbonyl (C=O) groups is 1. The van der Waals surface area contributed by atoms with Crippen LogP contribution in [0.1, 0.15) is 48.5 Å². The van der Waals surface area contributed by atoms with Gasteiger partial charge in [0.25, 0.3) is 5.91 Å². The average molecular weight is 371 g/mol. The van der Waals surface area contributed by atoms with E-state index in [1.54, 1.807) is 6.20 Å². The molecule has 0 unspecified atom stereocenters. The Kier molecular flexibility index (Phi) is 5.69. The van der Waals surface area contributed by atoms with E-state index in [1.165, 1.54) is 25.7 Å². The van der Waals surface area contributed by atoms with Crippen LogP contribution in [0, 0.1) is 0 Å². The summed E-state index contributed by atoms with van der Waals surface area (Å²) in [7, 11) is 2.17. The van der Waals surface area contributed by atoms with Gasteiger partial charge in [0, 0.05) is 45.0 Å². The van der Waals surface area contributed by atoms with E-state index in [1.807, 2.05) is 12.4 Å². The minimum Gasteiger partial charge on any atom is -0.352 e. The van der Waals surface area contributed by atoms with E-state index in [0.717, 1.165) is 50.3 Å². The van der Waals surface area contributed by atoms with Gasteiger partial charge in [-0.25, -0.2) is 9.97 Å². The molecule has 1 saturated carbocycles. The molecule has 0 atom stereocenters. The predicted octanol–water partition coefficient (Wildman–Crippen LogP) is 1.91. The fourth-order valence-corrected chi connectivity index (χ4v) is 4.17. The lowest BCUT2D eigenvalue weighted by molar-refractivity contribution is 0.0949. The molecule has 0 aromatic carbocycles. The highest BCUT2D eigenvalue weighted by Crippen LogP contribution is 2.31. The Balaban J connectivity index is 1.29. The monoisotopic (exact) mass is 370 g/mol. The van der Waals surface area contributed by atoms with Crippen LogP contribution in [0.5, 0.6) is 0 Å². The molecule has 1 amide bonds. The average Bonchev–Trinajstić information content (AvgIpc) is 3.35. The molecule has 27 heavy (non-hydrogen) atoms. The Morgan fingerprint density at radius 3 is 2.74 bits per heavy atom. The van der Waals surface area contributed by atoms with E-state index in [9.17, 15) is 4.79 Å². The van der Waals surface area contributed by atoms with Crippen LogP contribution >= 0.6 is 0 Å². The molecule has 4 rings (SSSR count). The van der Waals surface area contributed by atoms with Crippen molar-refractivity contribution in [3.8, 4) is 0 Å². The fourth-order valence-electron chi connectivity index (χ4n) is 4.17. The van der Waals surface area contributed by atoms with E-state index >= 15 is 0 Å². The van der Waals surface area contributed by atoms with Crippen molar-refractivity contribution >= 4 is 17.1 Å². The maximum Gasteiger partial charge on any atom is 0.252 e. The van der Waals surface area contributed by atoms with E-state index < -0.39 is 0 Å². The predicted molar refractivity (Wildman–Crippen MR) is 106 cm³/mol. The minimum absolute atomic E-state index is 0.0572. The molecule has 2 aromatic heterocycles. The molecule has 146 valence electrons. The molecule has 0 spiro atoms. The highest BCUT2D eigenvalue weighted by molar-refractivity contribution is 5.96. The zero-order chi connectivity index (χ0) is 18.6. The quantitative estimate of drug-likeness (QED) is 0.787. The van der Waals surface area contributed by atoms with Crippen LogP contribution in [0.15, 0.2) is 18.6 Å². The summed E-state index contributed by atoms with van der Waals surface area (Å²) in [4.78, 5) is 26.3. The van der Waals surface area contributed by atoms with Crippen molar-refractivity contribution in [2.75, 3.05) is 46.3 Å². The van der Waals surface area contributed by atoms with Crippen LogP contribution in [0.25, 0.3) is 11.2 Å². The smallest absolute Gasteiger partial charge is 0.252 e. The van der Waals surface area contributed by atoms with Crippen molar-refractivity contribution < 1.29 is 4.79 Å². The van der Waals surface area contributed by atoms with Gasteiger partial charge in [0.15, 0.2) is 5.65 Å². The van der Waals surface area contributed by atoms with Crippen molar-refractivity contribution in [2.45, 2.75) is 38.1 Å². The topological polar surface area (TPSA) is 66.3 Å². The summed E-state index contributed by atoms with van der Waals surface area (Å²) in [6.45, 7) is 6.23. The number of rotatable bonds is 6. The lowest BCUT2D eigenvalue weighted by Gasteiger charge is -2.32. The SMILES string of the molecule is CN1CCN(CCCNC(=O)c2cnc3c(c2)ncn3C2CCCC2)CC1. The van der Waals surface area contributed by atoms with Gasteiger partial charge in [-0.05, 0) is 38.9 Å². The summed E-state index contributed by atoms with van der Waals surface area (Å²) in [5.41, 5.74) is 2.30. The van der Waals surface area contributed by atoms with Gasteiger partial charge in [-0.15, -0.1) is 0 Å². The largest absolute Gasteiger partial charge is 0.352 e. The maximum atomic E-state index is 12.4. The number of likely N-dealkylation sites (N-methyl/N-ethyl adjacent to an activating group) is 1. The first-order chi connectivity index (χ1) is 13.2. The second-order valence-electron chi connectivity index (χ2n) is 7.91. The number of piperazine rings is 1. The number of hydrogen-bond acceptors (Lipinski definition) is 5. The summed E-state index contributed by atoms with van der Waals surface area (Å²) in [6, 6.07) is 2.38. The van der Waals surface area contributed by atoms with E-state index in [2.05, 4.69) is 36.7 Å². The highest BCUT2D eigenvalue weighted by Gasteiger charge is 2.20. The molecule has 2 aliphatic rings. The highest BCUT2D eigenvalue weighted by atomic mass is 16.1. The molecule has 1 saturated heterocycles. The van der Waals surface area contributed by atoms with Crippen LogP contribution < -0.4 is 5.32 Å². The number of hydrogen-bond donors (Lipinski definition) is 1. The van der Waals surface area contributed by atoms with E-state index in [4.69, 9.17) is 0 Å². The summed E-state index contributed by atoms with van der Waals surface area (Å²) in [5.74, 6) is -0.0572. The van der Waals surface area contributed by atoms with Gasteiger partial charge in [0.2, 0.25) is 0 Å². The standard InChI is InChI=1S/C20H30N6O/c1-24-9-11-25(12-10-24)8-4-7-21-20(27)16-13-18-19(22-14-16)26(15-23-18)17-5-2-3-6-17/h13-15,17H,2-12H2,1H3,(H,21,27). The van der Waals surface area contributed by atoms with Gasteiger partial charge < -0.3 is 19.7 Å². The van der Waals surface area contributed by atoms with Crippen LogP contribution in [0.3, 0.4) is 0 Å². The van der Waals surface area contributed by atoms with E-state index in [-0.39, 0.29) is 5.91 Å². The number of fused-ring (bicyclic) bond motifs is 1. The molecule has 7 nitrogen and oxygen atoms in total. The van der Waals surface area contributed by atoms with Gasteiger partial charge in [-0.2, -0.15) is 0 Å². The summed E-state index contributed by atoms with van der Waals surface area (Å²) < 4.78 is 2.18. The number of imidazole rings is 1. The van der Waals surface area contributed by atoms with Crippen molar-refractivity contribution in [1.29, 1.82) is 0 Å². The second kappa shape index (κ2) is 8.35. The molecule has 7 heteroatoms. The molecule has 0 radical (unpaired) electrons. The first kappa shape index (κ1) is 18.4. The minimum atomic E-state index is -0.0572. The number of pyridine rings is 1. The van der Waals surface area contributed by atoms with Crippen molar-refractivity contribution in [1.82, 2.24) is 29.7 Å². The third-order valence-electron chi connectivity index (χ3n) is 5.93. The second-order valence-corrected chi connectivity index (χ2v) is 7.91. The lowest BCUT2D eigenvalue weighted by Crippen LogP contribution is -2.45. The molecule has 0 bridgehead atoms. The molecule has 1 aliphatic heterocycles. The van der Waals surface area contributed by atoms with Crippen LogP contribution in [0.4, 0.5) is 0 Å². The number of nitrogens with one attached hydrogen (secondary N) is 1. The Labute approximate surface area is 160 Å². The number of nitrogens with zero attached hydrogens (tertiary/aromatic N) is 5. The third kappa shape index (κ3) is 4.30. The van der Waals surface area contributed by atoms with Crippen molar-refractivity contribution in [3.63, 3.8) is 0 Å². The van der Waals surface area contributed by atoms with Crippen molar-refractivity contribution in [3.05, 3.63) is 24.2 Å². The van der Waals surface area contributed by atoms with Crippen LogP contribution in [-0.4, -0.2) is 76.6 Å². The van der Waals surface area contributed by atoms with Gasteiger partial charge in [0.05, 0.1) is 11.9 Å². The summed E-state index contributed by atoms with van der Waals surface area (Å²) in [5, 5.41) is 3.02. The summed E-state index contributed by atoms with van der Waals surface area (Å²) >= 11 is 0. The third-order valence-corrected chi connectivity index (χ3v) is 5.93. The van der Waals surface area contributed by atoms with Crippen molar-refractivity contribution in [2.24, 2.45) is 0 Å². The zero-order valence-corrected chi connectivity index (χ0v) is 16.2. The van der Waals surface area contributed by atoms with Gasteiger partial charge >= 0.3 is 0 Å². The molecular formula is C20H30N6O. The Hall–Kier alpha value is -1.99. The Morgan fingerprint density at radius 1 is 1.19 bits per heavy atom. The molecule has 2 aromatic rings. The van der Waals surface area contributed by atoms with Gasteiger partial charge in [0.1, 0.15) is 5.52 Å². The summed E-state index contributed by atoms with van der Waals surface area (Å²) in [6.07, 6.45) is 9.49. The van der Waals surface area contributed by atoms with Crippen LogP contribution in [-0.2, 0) is 0 Å². The Morgan fingerprint density at radius 2 is 1.96 bits per heavy atom. The van der Waals surface area contributed by atoms with E-state index in [0.29, 0.717) is 18.2 Å². The number of amides is 1. The maximum absolute atomic E-state index is 12.4. The lowest BCUT2D eigenvalue weighted by atomic mass is 10.2. The molecule has 1 N–H and O–H groups in total. The molecule has 1 aliphatic carbocycles. The first-order valence-corrected chi connectivity index (χ1v) is 10.2. The number of carbonyl (C=O) groups excluding carboxylic acids is 1. The molecular weight excluding hydrogens is 340 g/mol.